The molecule has 3 nitrogen and oxygen atoms in total. The number of anilines is 1. The summed E-state index contributed by atoms with van der Waals surface area (Å²) in [5.41, 5.74) is 0. The van der Waals surface area contributed by atoms with Gasteiger partial charge in [0.1, 0.15) is 5.82 Å². The van der Waals surface area contributed by atoms with Gasteiger partial charge < -0.3 is 5.32 Å². The van der Waals surface area contributed by atoms with Gasteiger partial charge in [-0.05, 0) is 19.1 Å². The van der Waals surface area contributed by atoms with Crippen LogP contribution in [-0.4, -0.2) is 22.2 Å². The summed E-state index contributed by atoms with van der Waals surface area (Å²) in [5.74, 6) is -2.41. The van der Waals surface area contributed by atoms with Crippen LogP contribution in [0, 0.1) is 0 Å². The molecule has 0 aliphatic heterocycles. The van der Waals surface area contributed by atoms with Crippen molar-refractivity contribution in [3.05, 3.63) is 18.3 Å². The SMILES string of the molecule is CC(Nc1cccnn1)C(C)(F)F. The van der Waals surface area contributed by atoms with E-state index in [4.69, 9.17) is 0 Å². The number of aromatic nitrogens is 2. The maximum absolute atomic E-state index is 12.7. The van der Waals surface area contributed by atoms with E-state index in [9.17, 15) is 8.78 Å². The van der Waals surface area contributed by atoms with Crippen molar-refractivity contribution >= 4 is 5.82 Å². The van der Waals surface area contributed by atoms with Gasteiger partial charge in [-0.3, -0.25) is 0 Å². The molecule has 1 rings (SSSR count). The van der Waals surface area contributed by atoms with Crippen LogP contribution in [-0.2, 0) is 0 Å². The lowest BCUT2D eigenvalue weighted by Gasteiger charge is -2.20. The lowest BCUT2D eigenvalue weighted by atomic mass is 10.2. The van der Waals surface area contributed by atoms with E-state index in [2.05, 4.69) is 15.5 Å². The van der Waals surface area contributed by atoms with Crippen LogP contribution in [0.15, 0.2) is 18.3 Å². The van der Waals surface area contributed by atoms with E-state index in [-0.39, 0.29) is 0 Å². The Balaban J connectivity index is 2.61. The first kappa shape index (κ1) is 9.83. The predicted molar refractivity (Wildman–Crippen MR) is 45.7 cm³/mol. The summed E-state index contributed by atoms with van der Waals surface area (Å²) >= 11 is 0. The molecule has 1 aromatic rings. The second-order valence-corrected chi connectivity index (χ2v) is 2.93. The van der Waals surface area contributed by atoms with E-state index in [1.165, 1.54) is 13.1 Å². The lowest BCUT2D eigenvalue weighted by molar-refractivity contribution is 0.00687. The third kappa shape index (κ3) is 2.93. The fourth-order valence-electron chi connectivity index (χ4n) is 0.727. The highest BCUT2D eigenvalue weighted by atomic mass is 19.3. The molecule has 0 amide bonds. The van der Waals surface area contributed by atoms with Gasteiger partial charge in [0, 0.05) is 13.1 Å². The highest BCUT2D eigenvalue weighted by Gasteiger charge is 2.30. The number of rotatable bonds is 3. The van der Waals surface area contributed by atoms with E-state index < -0.39 is 12.0 Å². The Bertz CT molecular complexity index is 258. The van der Waals surface area contributed by atoms with Crippen LogP contribution in [0.3, 0.4) is 0 Å². The van der Waals surface area contributed by atoms with Crippen LogP contribution in [0.1, 0.15) is 13.8 Å². The van der Waals surface area contributed by atoms with E-state index in [1.807, 2.05) is 0 Å². The molecule has 72 valence electrons. The summed E-state index contributed by atoms with van der Waals surface area (Å²) in [6.07, 6.45) is 1.49. The van der Waals surface area contributed by atoms with Gasteiger partial charge in [-0.15, -0.1) is 5.10 Å². The average Bonchev–Trinajstić information content (AvgIpc) is 2.04. The Morgan fingerprint density at radius 2 is 2.23 bits per heavy atom. The van der Waals surface area contributed by atoms with Gasteiger partial charge in [-0.1, -0.05) is 0 Å². The van der Waals surface area contributed by atoms with Crippen LogP contribution < -0.4 is 5.32 Å². The first-order chi connectivity index (χ1) is 6.00. The van der Waals surface area contributed by atoms with Crippen molar-refractivity contribution in [2.75, 3.05) is 5.32 Å². The zero-order valence-corrected chi connectivity index (χ0v) is 7.46. The third-order valence-corrected chi connectivity index (χ3v) is 1.70. The van der Waals surface area contributed by atoms with E-state index in [1.54, 1.807) is 12.1 Å². The second-order valence-electron chi connectivity index (χ2n) is 2.93. The first-order valence-electron chi connectivity index (χ1n) is 3.92. The summed E-state index contributed by atoms with van der Waals surface area (Å²) in [5, 5.41) is 9.76. The molecule has 0 saturated heterocycles. The molecular weight excluding hydrogens is 176 g/mol. The Morgan fingerprint density at radius 1 is 1.54 bits per heavy atom. The zero-order valence-electron chi connectivity index (χ0n) is 7.46. The minimum absolute atomic E-state index is 0.358. The topological polar surface area (TPSA) is 37.8 Å². The van der Waals surface area contributed by atoms with Crippen LogP contribution in [0.4, 0.5) is 14.6 Å². The van der Waals surface area contributed by atoms with Gasteiger partial charge in [0.2, 0.25) is 0 Å². The van der Waals surface area contributed by atoms with Gasteiger partial charge in [-0.25, -0.2) is 8.78 Å². The number of hydrogen-bond acceptors (Lipinski definition) is 3. The largest absolute Gasteiger partial charge is 0.360 e. The summed E-state index contributed by atoms with van der Waals surface area (Å²) in [4.78, 5) is 0. The molecule has 0 aromatic carbocycles. The molecule has 0 aliphatic carbocycles. The van der Waals surface area contributed by atoms with Gasteiger partial charge in [-0.2, -0.15) is 5.10 Å². The molecule has 0 saturated carbocycles. The molecule has 1 N–H and O–H groups in total. The van der Waals surface area contributed by atoms with Crippen molar-refractivity contribution < 1.29 is 8.78 Å². The number of halogens is 2. The van der Waals surface area contributed by atoms with Crippen molar-refractivity contribution in [3.8, 4) is 0 Å². The quantitative estimate of drug-likeness (QED) is 0.785. The van der Waals surface area contributed by atoms with Gasteiger partial charge in [0.15, 0.2) is 0 Å². The van der Waals surface area contributed by atoms with E-state index in [0.29, 0.717) is 5.82 Å². The smallest absolute Gasteiger partial charge is 0.264 e. The molecule has 1 unspecified atom stereocenters. The zero-order chi connectivity index (χ0) is 9.90. The Hall–Kier alpha value is -1.26. The maximum atomic E-state index is 12.7. The standard InChI is InChI=1S/C8H11F2N3/c1-6(8(2,9)10)12-7-4-3-5-11-13-7/h3-6H,1-2H3,(H,12,13). The maximum Gasteiger partial charge on any atom is 0.264 e. The van der Waals surface area contributed by atoms with Crippen molar-refractivity contribution in [1.29, 1.82) is 0 Å². The van der Waals surface area contributed by atoms with E-state index >= 15 is 0 Å². The van der Waals surface area contributed by atoms with Crippen molar-refractivity contribution in [2.24, 2.45) is 0 Å². The lowest BCUT2D eigenvalue weighted by Crippen LogP contribution is -2.34. The summed E-state index contributed by atoms with van der Waals surface area (Å²) in [7, 11) is 0. The second kappa shape index (κ2) is 3.64. The van der Waals surface area contributed by atoms with Gasteiger partial charge in [0.05, 0.1) is 6.04 Å². The molecular formula is C8H11F2N3. The van der Waals surface area contributed by atoms with Crippen LogP contribution in [0.5, 0.6) is 0 Å². The van der Waals surface area contributed by atoms with Crippen molar-refractivity contribution in [3.63, 3.8) is 0 Å². The first-order valence-corrected chi connectivity index (χ1v) is 3.92. The highest BCUT2D eigenvalue weighted by molar-refractivity contribution is 5.33. The van der Waals surface area contributed by atoms with Gasteiger partial charge in [0.25, 0.3) is 5.92 Å². The molecule has 0 radical (unpaired) electrons. The van der Waals surface area contributed by atoms with E-state index in [0.717, 1.165) is 6.92 Å². The Morgan fingerprint density at radius 3 is 2.69 bits per heavy atom. The third-order valence-electron chi connectivity index (χ3n) is 1.70. The van der Waals surface area contributed by atoms with Crippen molar-refractivity contribution in [2.45, 2.75) is 25.8 Å². The van der Waals surface area contributed by atoms with Crippen molar-refractivity contribution in [1.82, 2.24) is 10.2 Å². The van der Waals surface area contributed by atoms with Crippen LogP contribution in [0.2, 0.25) is 0 Å². The summed E-state index contributed by atoms with van der Waals surface area (Å²) in [6, 6.07) is 2.27. The monoisotopic (exact) mass is 187 g/mol. The normalized spacial score (nSPS) is 13.8. The number of alkyl halides is 2. The number of nitrogens with zero attached hydrogens (tertiary/aromatic N) is 2. The van der Waals surface area contributed by atoms with Crippen LogP contribution >= 0.6 is 0 Å². The summed E-state index contributed by atoms with van der Waals surface area (Å²) in [6.45, 7) is 2.26. The highest BCUT2D eigenvalue weighted by Crippen LogP contribution is 2.19. The van der Waals surface area contributed by atoms with Gasteiger partial charge >= 0.3 is 0 Å². The minimum Gasteiger partial charge on any atom is -0.360 e. The fraction of sp³-hybridized carbons (Fsp3) is 0.500. The fourth-order valence-corrected chi connectivity index (χ4v) is 0.727. The molecule has 13 heavy (non-hydrogen) atoms. The molecule has 1 aromatic heterocycles. The molecule has 0 spiro atoms. The molecule has 0 bridgehead atoms. The Labute approximate surface area is 75.2 Å². The predicted octanol–water partition coefficient (Wildman–Crippen LogP) is 1.93. The molecule has 1 heterocycles. The minimum atomic E-state index is -2.77. The number of hydrogen-bond donors (Lipinski definition) is 1. The van der Waals surface area contributed by atoms with Crippen LogP contribution in [0.25, 0.3) is 0 Å². The molecule has 0 aliphatic rings. The molecule has 5 heteroatoms. The molecule has 0 fully saturated rings. The molecule has 1 atom stereocenters. The Kier molecular flexibility index (Phi) is 2.75. The number of nitrogens with one attached hydrogen (secondary N) is 1. The average molecular weight is 187 g/mol. The summed E-state index contributed by atoms with van der Waals surface area (Å²) < 4.78 is 25.4.